The van der Waals surface area contributed by atoms with E-state index in [1.165, 1.54) is 0 Å². The summed E-state index contributed by atoms with van der Waals surface area (Å²) in [5, 5.41) is 0. The fourth-order valence-corrected chi connectivity index (χ4v) is 3.06. The van der Waals surface area contributed by atoms with Gasteiger partial charge in [-0.05, 0) is 13.0 Å². The fraction of sp³-hybridized carbons (Fsp3) is 1.00. The van der Waals surface area contributed by atoms with Crippen LogP contribution in [0.1, 0.15) is 32.6 Å². The first-order chi connectivity index (χ1) is 7.64. The molecule has 0 amide bonds. The summed E-state index contributed by atoms with van der Waals surface area (Å²) >= 11 is 0. The van der Waals surface area contributed by atoms with E-state index in [0.29, 0.717) is 6.42 Å². The van der Waals surface area contributed by atoms with Gasteiger partial charge < -0.3 is 28.7 Å². The Bertz CT molecular complexity index is 289. The minimum atomic E-state index is -4.84. The Morgan fingerprint density at radius 1 is 0.762 bits per heavy atom. The van der Waals surface area contributed by atoms with Crippen LogP contribution >= 0.6 is 15.2 Å². The van der Waals surface area contributed by atoms with Crippen molar-refractivity contribution in [1.29, 1.82) is 0 Å². The molecule has 0 spiro atoms. The van der Waals surface area contributed by atoms with Crippen LogP contribution in [0.5, 0.6) is 0 Å². The van der Waals surface area contributed by atoms with E-state index in [4.69, 9.17) is 0 Å². The number of unbranched alkanes of at least 4 members (excludes halogenated alkanes) is 3. The van der Waals surface area contributed by atoms with E-state index in [2.05, 4.69) is 0 Å². The zero-order chi connectivity index (χ0) is 13.5. The van der Waals surface area contributed by atoms with Gasteiger partial charge in [0.15, 0.2) is 0 Å². The van der Waals surface area contributed by atoms with Crippen molar-refractivity contribution >= 4 is 15.2 Å². The average Bonchev–Trinajstić information content (AvgIpc) is 2.06. The minimum absolute atomic E-state index is 0. The Morgan fingerprint density at radius 3 is 1.43 bits per heavy atom. The monoisotopic (exact) mass is 441 g/mol. The molecule has 0 saturated heterocycles. The first kappa shape index (κ1) is 38.4. The van der Waals surface area contributed by atoms with Crippen LogP contribution < -0.4 is 225 Å². The molecule has 0 saturated carbocycles. The first-order valence-electron chi connectivity index (χ1n) is 5.38. The van der Waals surface area contributed by atoms with E-state index in [1.807, 2.05) is 6.92 Å². The van der Waals surface area contributed by atoms with Crippen molar-refractivity contribution in [2.45, 2.75) is 32.6 Å². The molecule has 21 heavy (non-hydrogen) atoms. The summed E-state index contributed by atoms with van der Waals surface area (Å²) in [7, 11) is -9.67. The molecule has 0 N–H and O–H groups in total. The third-order valence-electron chi connectivity index (χ3n) is 2.07. The summed E-state index contributed by atoms with van der Waals surface area (Å²) in [4.78, 5) is 43.1. The molecule has 13 heteroatoms. The Morgan fingerprint density at radius 2 is 1.14 bits per heavy atom. The normalized spacial score (nSPS) is 10.8. The fourth-order valence-electron chi connectivity index (χ4n) is 1.44. The topological polar surface area (TPSA) is 130 Å². The molecular weight excluding hydrogens is 424 g/mol. The van der Waals surface area contributed by atoms with Gasteiger partial charge in [-0.3, -0.25) is 4.90 Å². The van der Waals surface area contributed by atoms with Gasteiger partial charge in [0.25, 0.3) is 0 Å². The second-order valence-corrected chi connectivity index (χ2v) is 6.97. The molecule has 0 aliphatic carbocycles. The van der Waals surface area contributed by atoms with Crippen molar-refractivity contribution in [2.75, 3.05) is 19.1 Å². The SMILES string of the molecule is CCCCCCN(CP(=O)([O-])[O-])CP(=O)([O-])[O-].[K+].[K+].[K+].[K+]. The zero-order valence-corrected chi connectivity index (χ0v) is 28.0. The van der Waals surface area contributed by atoms with E-state index in [9.17, 15) is 28.7 Å². The third-order valence-corrected chi connectivity index (χ3v) is 3.57. The van der Waals surface area contributed by atoms with Crippen LogP contribution in [0.4, 0.5) is 0 Å². The maximum absolute atomic E-state index is 10.6. The van der Waals surface area contributed by atoms with Crippen molar-refractivity contribution in [3.63, 3.8) is 0 Å². The van der Waals surface area contributed by atoms with Crippen LogP contribution in [0.2, 0.25) is 0 Å². The quantitative estimate of drug-likeness (QED) is 0.197. The predicted molar refractivity (Wildman–Crippen MR) is 55.8 cm³/mol. The molecule has 0 unspecified atom stereocenters. The maximum Gasteiger partial charge on any atom is 1.00 e. The molecule has 0 radical (unpaired) electrons. The van der Waals surface area contributed by atoms with Crippen LogP contribution in [0, 0.1) is 0 Å². The molecule has 0 aromatic rings. The molecule has 0 heterocycles. The van der Waals surface area contributed by atoms with Crippen molar-refractivity contribution in [3.05, 3.63) is 0 Å². The van der Waals surface area contributed by atoms with Gasteiger partial charge in [-0.1, -0.05) is 41.4 Å². The molecule has 0 atom stereocenters. The summed E-state index contributed by atoms with van der Waals surface area (Å²) in [5.41, 5.74) is 0. The first-order valence-corrected chi connectivity index (χ1v) is 8.84. The third kappa shape index (κ3) is 31.7. The molecule has 0 aromatic carbocycles. The molecule has 0 rings (SSSR count). The Labute approximate surface area is 297 Å². The van der Waals surface area contributed by atoms with Crippen molar-refractivity contribution in [3.8, 4) is 0 Å². The molecular formula is C8H17K4NO6P2. The summed E-state index contributed by atoms with van der Waals surface area (Å²) in [6.45, 7) is 2.12. The van der Waals surface area contributed by atoms with Crippen molar-refractivity contribution in [2.24, 2.45) is 0 Å². The van der Waals surface area contributed by atoms with E-state index in [1.54, 1.807) is 0 Å². The molecule has 0 fully saturated rings. The second kappa shape index (κ2) is 21.5. The number of rotatable bonds is 9. The Balaban J connectivity index is -0.000000213. The van der Waals surface area contributed by atoms with Gasteiger partial charge in [0.1, 0.15) is 0 Å². The standard InChI is InChI=1S/C8H21NO6P2.4K/c1-2-3-4-5-6-9(7-16(10,11)12)8-17(13,14)15;;;;/h2-8H2,1H3,(H2,10,11,12)(H2,13,14,15);;;;/q;4*+1/p-4. The molecule has 7 nitrogen and oxygen atoms in total. The smallest absolute Gasteiger partial charge is 0.810 e. The number of nitrogens with zero attached hydrogens (tertiary/aromatic N) is 1. The maximum atomic E-state index is 10.6. The predicted octanol–water partition coefficient (Wildman–Crippen LogP) is -13.4. The molecule has 0 aromatic heterocycles. The van der Waals surface area contributed by atoms with Gasteiger partial charge in [0, 0.05) is 12.6 Å². The van der Waals surface area contributed by atoms with Gasteiger partial charge in [-0.25, -0.2) is 0 Å². The van der Waals surface area contributed by atoms with Gasteiger partial charge in [-0.2, -0.15) is 0 Å². The van der Waals surface area contributed by atoms with Gasteiger partial charge in [-0.15, -0.1) is 0 Å². The van der Waals surface area contributed by atoms with Crippen LogP contribution in [-0.4, -0.2) is 24.0 Å². The summed E-state index contributed by atoms with van der Waals surface area (Å²) < 4.78 is 21.1. The summed E-state index contributed by atoms with van der Waals surface area (Å²) in [6, 6.07) is 0. The molecule has 0 aliphatic heterocycles. The summed E-state index contributed by atoms with van der Waals surface area (Å²) in [5.74, 6) is 0. The van der Waals surface area contributed by atoms with Crippen LogP contribution in [0.25, 0.3) is 0 Å². The minimum Gasteiger partial charge on any atom is -0.810 e. The van der Waals surface area contributed by atoms with Gasteiger partial charge in [0.2, 0.25) is 0 Å². The van der Waals surface area contributed by atoms with E-state index in [0.717, 1.165) is 24.2 Å². The van der Waals surface area contributed by atoms with E-state index in [-0.39, 0.29) is 212 Å². The van der Waals surface area contributed by atoms with Crippen LogP contribution in [-0.2, 0) is 9.13 Å². The van der Waals surface area contributed by atoms with E-state index >= 15 is 0 Å². The van der Waals surface area contributed by atoms with Gasteiger partial charge >= 0.3 is 206 Å². The second-order valence-electron chi connectivity index (χ2n) is 3.96. The largest absolute Gasteiger partial charge is 1.00 e. The van der Waals surface area contributed by atoms with E-state index < -0.39 is 27.8 Å². The molecule has 0 aliphatic rings. The number of hydrogen-bond donors (Lipinski definition) is 0. The van der Waals surface area contributed by atoms with Gasteiger partial charge in [0.05, 0.1) is 0 Å². The summed E-state index contributed by atoms with van der Waals surface area (Å²) in [6.07, 6.45) is 1.46. The Kier molecular flexibility index (Phi) is 39.4. The zero-order valence-electron chi connectivity index (χ0n) is 13.7. The molecule has 0 bridgehead atoms. The Hall–Kier alpha value is 6.81. The average molecular weight is 442 g/mol. The molecule has 104 valence electrons. The number of hydrogen-bond acceptors (Lipinski definition) is 7. The van der Waals surface area contributed by atoms with Crippen molar-refractivity contribution in [1.82, 2.24) is 4.90 Å². The van der Waals surface area contributed by atoms with Crippen molar-refractivity contribution < 1.29 is 234 Å². The van der Waals surface area contributed by atoms with Crippen LogP contribution in [0.15, 0.2) is 0 Å². The van der Waals surface area contributed by atoms with Crippen LogP contribution in [0.3, 0.4) is 0 Å².